The molecule has 0 aliphatic heterocycles. The molecule has 1 aromatic carbocycles. The molecule has 0 bridgehead atoms. The predicted octanol–water partition coefficient (Wildman–Crippen LogP) is 3.74. The monoisotopic (exact) mass is 443 g/mol. The van der Waals surface area contributed by atoms with Gasteiger partial charge in [-0.1, -0.05) is 12.1 Å². The zero-order valence-corrected chi connectivity index (χ0v) is 16.3. The minimum Gasteiger partial charge on any atom is -0.331 e. The molecule has 4 aromatic rings. The molecule has 3 heterocycles. The average molecular weight is 443 g/mol. The van der Waals surface area contributed by atoms with Gasteiger partial charge in [0.2, 0.25) is 0 Å². The van der Waals surface area contributed by atoms with Crippen molar-refractivity contribution in [3.8, 4) is 22.9 Å². The van der Waals surface area contributed by atoms with Crippen molar-refractivity contribution in [1.29, 1.82) is 0 Å². The first-order valence-corrected chi connectivity index (χ1v) is 9.03. The summed E-state index contributed by atoms with van der Waals surface area (Å²) in [5.41, 5.74) is -1.03. The highest BCUT2D eigenvalue weighted by Gasteiger charge is 2.34. The molecule has 162 valence electrons. The highest BCUT2D eigenvalue weighted by atomic mass is 19.4. The molecular formula is C20H13F4N7O. The fourth-order valence-corrected chi connectivity index (χ4v) is 2.76. The Labute approximate surface area is 178 Å². The number of anilines is 1. The molecule has 0 saturated carbocycles. The van der Waals surface area contributed by atoms with Crippen LogP contribution in [0.3, 0.4) is 0 Å². The van der Waals surface area contributed by atoms with E-state index in [1.807, 2.05) is 0 Å². The molecule has 0 fully saturated rings. The van der Waals surface area contributed by atoms with Gasteiger partial charge in [-0.25, -0.2) is 29.3 Å². The van der Waals surface area contributed by atoms with Crippen molar-refractivity contribution in [2.75, 3.05) is 5.32 Å². The molecule has 1 N–H and O–H groups in total. The second-order valence-electron chi connectivity index (χ2n) is 6.61. The number of rotatable bonds is 4. The van der Waals surface area contributed by atoms with E-state index in [-0.39, 0.29) is 23.0 Å². The molecule has 0 radical (unpaired) electrons. The first-order chi connectivity index (χ1) is 15.2. The number of carbonyl (C=O) groups excluding carboxylic acids is 1. The lowest BCUT2D eigenvalue weighted by molar-refractivity contribution is -0.141. The summed E-state index contributed by atoms with van der Waals surface area (Å²) >= 11 is 0. The summed E-state index contributed by atoms with van der Waals surface area (Å²) in [4.78, 5) is 32.0. The largest absolute Gasteiger partial charge is 0.433 e. The topological polar surface area (TPSA) is 98.5 Å². The Morgan fingerprint density at radius 1 is 1.03 bits per heavy atom. The molecule has 4 rings (SSSR count). The number of imidazole rings is 1. The van der Waals surface area contributed by atoms with E-state index in [0.717, 1.165) is 0 Å². The van der Waals surface area contributed by atoms with Crippen molar-refractivity contribution in [1.82, 2.24) is 29.5 Å². The van der Waals surface area contributed by atoms with Crippen molar-refractivity contribution in [3.63, 3.8) is 0 Å². The molecule has 0 unspecified atom stereocenters. The van der Waals surface area contributed by atoms with Gasteiger partial charge < -0.3 is 9.88 Å². The lowest BCUT2D eigenvalue weighted by Crippen LogP contribution is -2.18. The van der Waals surface area contributed by atoms with Gasteiger partial charge in [0, 0.05) is 18.7 Å². The van der Waals surface area contributed by atoms with E-state index in [9.17, 15) is 22.4 Å². The Balaban J connectivity index is 1.62. The molecule has 3 aromatic heterocycles. The van der Waals surface area contributed by atoms with Crippen molar-refractivity contribution in [2.45, 2.75) is 6.18 Å². The summed E-state index contributed by atoms with van der Waals surface area (Å²) in [5, 5.41) is 2.40. The van der Waals surface area contributed by atoms with Crippen LogP contribution in [0.5, 0.6) is 0 Å². The average Bonchev–Trinajstić information content (AvgIpc) is 3.19. The molecule has 0 aliphatic rings. The standard InChI is InChI=1S/C20H13F4N7O/c1-31-10-25-9-15(31)18-29-14(6-16(30-18)20(22,23)24)19(32)28-13-7-26-17(27-8-13)11-3-2-4-12(21)5-11/h2-10H,1H3,(H,28,32). The highest BCUT2D eigenvalue weighted by Crippen LogP contribution is 2.29. The van der Waals surface area contributed by atoms with Gasteiger partial charge in [-0.2, -0.15) is 13.2 Å². The Hall–Kier alpha value is -4.22. The summed E-state index contributed by atoms with van der Waals surface area (Å²) in [7, 11) is 1.56. The van der Waals surface area contributed by atoms with Crippen LogP contribution in [-0.2, 0) is 13.2 Å². The fraction of sp³-hybridized carbons (Fsp3) is 0.100. The van der Waals surface area contributed by atoms with E-state index < -0.39 is 29.3 Å². The zero-order valence-electron chi connectivity index (χ0n) is 16.3. The van der Waals surface area contributed by atoms with Gasteiger partial charge in [0.05, 0.1) is 30.6 Å². The van der Waals surface area contributed by atoms with Crippen molar-refractivity contribution in [3.05, 3.63) is 72.5 Å². The minimum atomic E-state index is -4.79. The minimum absolute atomic E-state index is 0.115. The van der Waals surface area contributed by atoms with Gasteiger partial charge in [0.1, 0.15) is 22.9 Å². The first kappa shape index (κ1) is 21.0. The summed E-state index contributed by atoms with van der Waals surface area (Å²) in [6.45, 7) is 0. The number of amides is 1. The van der Waals surface area contributed by atoms with Crippen molar-refractivity contribution < 1.29 is 22.4 Å². The third-order valence-electron chi connectivity index (χ3n) is 4.29. The van der Waals surface area contributed by atoms with Gasteiger partial charge >= 0.3 is 6.18 Å². The summed E-state index contributed by atoms with van der Waals surface area (Å²) in [6.07, 6.45) is 0.366. The Bertz CT molecular complexity index is 1290. The van der Waals surface area contributed by atoms with Gasteiger partial charge in [-0.3, -0.25) is 4.79 Å². The maximum Gasteiger partial charge on any atom is 0.433 e. The number of nitrogens with one attached hydrogen (secondary N) is 1. The zero-order chi connectivity index (χ0) is 22.9. The molecule has 8 nitrogen and oxygen atoms in total. The SMILES string of the molecule is Cn1cncc1-c1nc(C(=O)Nc2cnc(-c3cccc(F)c3)nc2)cc(C(F)(F)F)n1. The number of nitrogens with zero attached hydrogens (tertiary/aromatic N) is 6. The van der Waals surface area contributed by atoms with Crippen LogP contribution in [0.15, 0.2) is 55.2 Å². The van der Waals surface area contributed by atoms with Crippen molar-refractivity contribution >= 4 is 11.6 Å². The number of benzene rings is 1. The smallest absolute Gasteiger partial charge is 0.331 e. The van der Waals surface area contributed by atoms with Crippen LogP contribution in [0.2, 0.25) is 0 Å². The summed E-state index contributed by atoms with van der Waals surface area (Å²) < 4.78 is 54.8. The summed E-state index contributed by atoms with van der Waals surface area (Å²) in [5.74, 6) is -1.47. The molecule has 0 saturated heterocycles. The quantitative estimate of drug-likeness (QED) is 0.483. The van der Waals surface area contributed by atoms with E-state index >= 15 is 0 Å². The lowest BCUT2D eigenvalue weighted by atomic mass is 10.2. The van der Waals surface area contributed by atoms with Gasteiger partial charge in [-0.05, 0) is 12.1 Å². The van der Waals surface area contributed by atoms with Gasteiger partial charge in [-0.15, -0.1) is 0 Å². The Kier molecular flexibility index (Phi) is 5.34. The molecule has 1 amide bonds. The highest BCUT2D eigenvalue weighted by molar-refractivity contribution is 6.03. The van der Waals surface area contributed by atoms with E-state index in [0.29, 0.717) is 11.6 Å². The number of carbonyl (C=O) groups is 1. The number of hydrogen-bond donors (Lipinski definition) is 1. The van der Waals surface area contributed by atoms with E-state index in [2.05, 4.69) is 30.2 Å². The molecule has 0 spiro atoms. The van der Waals surface area contributed by atoms with Crippen LogP contribution in [0.4, 0.5) is 23.2 Å². The Morgan fingerprint density at radius 3 is 2.41 bits per heavy atom. The second kappa shape index (κ2) is 8.13. The third-order valence-corrected chi connectivity index (χ3v) is 4.29. The van der Waals surface area contributed by atoms with E-state index in [1.54, 1.807) is 13.1 Å². The second-order valence-corrected chi connectivity index (χ2v) is 6.61. The van der Waals surface area contributed by atoms with Gasteiger partial charge in [0.15, 0.2) is 11.6 Å². The predicted molar refractivity (Wildman–Crippen MR) is 105 cm³/mol. The van der Waals surface area contributed by atoms with Crippen LogP contribution < -0.4 is 5.32 Å². The number of halogens is 4. The molecule has 0 atom stereocenters. The third kappa shape index (κ3) is 4.43. The van der Waals surface area contributed by atoms with Gasteiger partial charge in [0.25, 0.3) is 5.91 Å². The maximum absolute atomic E-state index is 13.4. The molecule has 32 heavy (non-hydrogen) atoms. The van der Waals surface area contributed by atoms with Crippen LogP contribution in [-0.4, -0.2) is 35.4 Å². The maximum atomic E-state index is 13.4. The first-order valence-electron chi connectivity index (χ1n) is 9.03. The van der Waals surface area contributed by atoms with Crippen LogP contribution in [0, 0.1) is 5.82 Å². The normalized spacial score (nSPS) is 11.4. The molecule has 0 aliphatic carbocycles. The number of hydrogen-bond acceptors (Lipinski definition) is 6. The number of aromatic nitrogens is 6. The number of aryl methyl sites for hydroxylation is 1. The molecular weight excluding hydrogens is 430 g/mol. The van der Waals surface area contributed by atoms with Crippen LogP contribution in [0.25, 0.3) is 22.9 Å². The van der Waals surface area contributed by atoms with E-state index in [1.165, 1.54) is 47.7 Å². The Morgan fingerprint density at radius 2 is 1.78 bits per heavy atom. The van der Waals surface area contributed by atoms with Crippen LogP contribution in [0.1, 0.15) is 16.2 Å². The van der Waals surface area contributed by atoms with Crippen LogP contribution >= 0.6 is 0 Å². The lowest BCUT2D eigenvalue weighted by Gasteiger charge is -2.11. The number of alkyl halides is 3. The molecule has 12 heteroatoms. The van der Waals surface area contributed by atoms with Crippen molar-refractivity contribution in [2.24, 2.45) is 7.05 Å². The summed E-state index contributed by atoms with van der Waals surface area (Å²) in [6, 6.07) is 6.17. The fourth-order valence-electron chi connectivity index (χ4n) is 2.76. The van der Waals surface area contributed by atoms with E-state index in [4.69, 9.17) is 0 Å².